The van der Waals surface area contributed by atoms with Crippen molar-refractivity contribution in [3.8, 4) is 0 Å². The molecule has 0 saturated carbocycles. The minimum atomic E-state index is -0.159. The summed E-state index contributed by atoms with van der Waals surface area (Å²) in [5.74, 6) is 0.539. The molecule has 3 rings (SSSR count). The number of carbonyl (C=O) groups is 1. The van der Waals surface area contributed by atoms with Crippen molar-refractivity contribution in [2.45, 2.75) is 36.8 Å². The normalized spacial score (nSPS) is 15.6. The van der Waals surface area contributed by atoms with Crippen molar-refractivity contribution in [3.63, 3.8) is 0 Å². The Balaban J connectivity index is 1.54. The molecular weight excluding hydrogens is 356 g/mol. The number of anilines is 2. The smallest absolute Gasteiger partial charge is 0.237 e. The second kappa shape index (κ2) is 9.29. The molecule has 2 aromatic rings. The summed E-state index contributed by atoms with van der Waals surface area (Å²) in [7, 11) is 0. The van der Waals surface area contributed by atoms with Crippen LogP contribution < -0.4 is 10.2 Å². The molecule has 1 unspecified atom stereocenters. The number of carbonyl (C=O) groups excluding carboxylic acids is 1. The number of amides is 1. The lowest BCUT2D eigenvalue weighted by Crippen LogP contribution is -2.36. The quantitative estimate of drug-likeness (QED) is 0.729. The van der Waals surface area contributed by atoms with Crippen molar-refractivity contribution in [3.05, 3.63) is 54.1 Å². The average molecular weight is 385 g/mol. The Morgan fingerprint density at radius 2 is 1.63 bits per heavy atom. The minimum absolute atomic E-state index is 0.0204. The molecule has 1 aliphatic rings. The van der Waals surface area contributed by atoms with Gasteiger partial charge in [0.05, 0.1) is 18.5 Å². The Morgan fingerprint density at radius 3 is 2.22 bits per heavy atom. The average Bonchev–Trinajstić information content (AvgIpc) is 2.69. The monoisotopic (exact) mass is 384 g/mol. The van der Waals surface area contributed by atoms with E-state index in [9.17, 15) is 4.79 Å². The number of benzene rings is 2. The highest BCUT2D eigenvalue weighted by molar-refractivity contribution is 8.00. The largest absolute Gasteiger partial charge is 0.378 e. The SMILES string of the molecule is CC(Sc1ccc(C(C)C)cc1)C(=O)Nc1ccc(N2CCOCC2)cc1. The maximum atomic E-state index is 12.5. The highest BCUT2D eigenvalue weighted by atomic mass is 32.2. The Kier molecular flexibility index (Phi) is 6.80. The number of nitrogens with zero attached hydrogens (tertiary/aromatic N) is 1. The van der Waals surface area contributed by atoms with Gasteiger partial charge in [-0.25, -0.2) is 0 Å². The van der Waals surface area contributed by atoms with Crippen LogP contribution in [0.4, 0.5) is 11.4 Å². The van der Waals surface area contributed by atoms with E-state index in [1.54, 1.807) is 11.8 Å². The van der Waals surface area contributed by atoms with Crippen molar-refractivity contribution >= 4 is 29.0 Å². The van der Waals surface area contributed by atoms with Crippen molar-refractivity contribution < 1.29 is 9.53 Å². The van der Waals surface area contributed by atoms with Gasteiger partial charge in [-0.15, -0.1) is 11.8 Å². The lowest BCUT2D eigenvalue weighted by Gasteiger charge is -2.28. The van der Waals surface area contributed by atoms with Crippen molar-refractivity contribution in [2.75, 3.05) is 36.5 Å². The Morgan fingerprint density at radius 1 is 1.00 bits per heavy atom. The molecule has 1 heterocycles. The van der Waals surface area contributed by atoms with Crippen LogP contribution in [0, 0.1) is 0 Å². The first-order valence-corrected chi connectivity index (χ1v) is 10.4. The van der Waals surface area contributed by atoms with Gasteiger partial charge in [-0.3, -0.25) is 4.79 Å². The van der Waals surface area contributed by atoms with E-state index in [1.807, 2.05) is 19.1 Å². The molecule has 0 radical (unpaired) electrons. The van der Waals surface area contributed by atoms with E-state index >= 15 is 0 Å². The maximum absolute atomic E-state index is 12.5. The molecule has 4 nitrogen and oxygen atoms in total. The van der Waals surface area contributed by atoms with Gasteiger partial charge in [0.1, 0.15) is 0 Å². The Hall–Kier alpha value is -1.98. The van der Waals surface area contributed by atoms with Crippen LogP contribution in [0.1, 0.15) is 32.3 Å². The molecule has 0 aliphatic carbocycles. The highest BCUT2D eigenvalue weighted by Gasteiger charge is 2.15. The number of hydrogen-bond donors (Lipinski definition) is 1. The third-order valence-electron chi connectivity index (χ3n) is 4.74. The molecule has 5 heteroatoms. The van der Waals surface area contributed by atoms with E-state index in [-0.39, 0.29) is 11.2 Å². The molecule has 1 saturated heterocycles. The zero-order chi connectivity index (χ0) is 19.2. The lowest BCUT2D eigenvalue weighted by atomic mass is 10.0. The zero-order valence-electron chi connectivity index (χ0n) is 16.3. The molecule has 27 heavy (non-hydrogen) atoms. The first kappa shape index (κ1) is 19.8. The molecule has 1 amide bonds. The molecule has 1 aliphatic heterocycles. The van der Waals surface area contributed by atoms with E-state index < -0.39 is 0 Å². The van der Waals surface area contributed by atoms with Crippen LogP contribution in [0.5, 0.6) is 0 Å². The van der Waals surface area contributed by atoms with Crippen LogP contribution in [0.25, 0.3) is 0 Å². The fourth-order valence-electron chi connectivity index (χ4n) is 3.01. The molecule has 1 fully saturated rings. The van der Waals surface area contributed by atoms with Crippen LogP contribution in [0.15, 0.2) is 53.4 Å². The van der Waals surface area contributed by atoms with Crippen LogP contribution in [-0.4, -0.2) is 37.5 Å². The second-order valence-corrected chi connectivity index (χ2v) is 8.53. The summed E-state index contributed by atoms with van der Waals surface area (Å²) in [6, 6.07) is 16.5. The summed E-state index contributed by atoms with van der Waals surface area (Å²) in [5, 5.41) is 2.86. The van der Waals surface area contributed by atoms with E-state index in [1.165, 1.54) is 11.3 Å². The van der Waals surface area contributed by atoms with Gasteiger partial charge in [-0.2, -0.15) is 0 Å². The van der Waals surface area contributed by atoms with Gasteiger partial charge in [0.2, 0.25) is 5.91 Å². The first-order valence-electron chi connectivity index (χ1n) is 9.53. The Labute approximate surface area is 166 Å². The molecule has 0 bridgehead atoms. The van der Waals surface area contributed by atoms with Gasteiger partial charge < -0.3 is 15.0 Å². The van der Waals surface area contributed by atoms with Crippen molar-refractivity contribution in [1.82, 2.24) is 0 Å². The summed E-state index contributed by atoms with van der Waals surface area (Å²) in [6.07, 6.45) is 0. The summed E-state index contributed by atoms with van der Waals surface area (Å²) >= 11 is 1.58. The summed E-state index contributed by atoms with van der Waals surface area (Å²) in [5.41, 5.74) is 3.32. The zero-order valence-corrected chi connectivity index (χ0v) is 17.1. The van der Waals surface area contributed by atoms with Gasteiger partial charge in [-0.1, -0.05) is 26.0 Å². The van der Waals surface area contributed by atoms with Crippen LogP contribution >= 0.6 is 11.8 Å². The van der Waals surface area contributed by atoms with Gasteiger partial charge in [0, 0.05) is 29.4 Å². The van der Waals surface area contributed by atoms with Gasteiger partial charge >= 0.3 is 0 Å². The highest BCUT2D eigenvalue weighted by Crippen LogP contribution is 2.26. The minimum Gasteiger partial charge on any atom is -0.378 e. The van der Waals surface area contributed by atoms with E-state index in [0.717, 1.165) is 36.9 Å². The van der Waals surface area contributed by atoms with Crippen LogP contribution in [0.3, 0.4) is 0 Å². The molecule has 0 aromatic heterocycles. The fraction of sp³-hybridized carbons (Fsp3) is 0.409. The van der Waals surface area contributed by atoms with Crippen LogP contribution in [0.2, 0.25) is 0 Å². The molecule has 144 valence electrons. The molecule has 1 N–H and O–H groups in total. The second-order valence-electron chi connectivity index (χ2n) is 7.12. The molecular formula is C22H28N2O2S. The summed E-state index contributed by atoms with van der Waals surface area (Å²) in [6.45, 7) is 9.67. The third-order valence-corrected chi connectivity index (χ3v) is 5.85. The fourth-order valence-corrected chi connectivity index (χ4v) is 3.88. The topological polar surface area (TPSA) is 41.6 Å². The van der Waals surface area contributed by atoms with E-state index in [2.05, 4.69) is 60.5 Å². The number of hydrogen-bond acceptors (Lipinski definition) is 4. The standard InChI is InChI=1S/C22H28N2O2S/c1-16(2)18-4-10-21(11-5-18)27-17(3)22(25)23-19-6-8-20(9-7-19)24-12-14-26-15-13-24/h4-11,16-17H,12-15H2,1-3H3,(H,23,25). The molecule has 1 atom stereocenters. The number of rotatable bonds is 6. The molecule has 0 spiro atoms. The van der Waals surface area contributed by atoms with Crippen molar-refractivity contribution in [1.29, 1.82) is 0 Å². The van der Waals surface area contributed by atoms with Gasteiger partial charge in [0.25, 0.3) is 0 Å². The Bertz CT molecular complexity index is 738. The van der Waals surface area contributed by atoms with Crippen LogP contribution in [-0.2, 0) is 9.53 Å². The number of nitrogens with one attached hydrogen (secondary N) is 1. The number of morpholine rings is 1. The summed E-state index contributed by atoms with van der Waals surface area (Å²) < 4.78 is 5.39. The van der Waals surface area contributed by atoms with E-state index in [4.69, 9.17) is 4.74 Å². The predicted octanol–water partition coefficient (Wildman–Crippen LogP) is 4.77. The van der Waals surface area contributed by atoms with Gasteiger partial charge in [-0.05, 0) is 54.8 Å². The maximum Gasteiger partial charge on any atom is 0.237 e. The lowest BCUT2D eigenvalue weighted by molar-refractivity contribution is -0.115. The van der Waals surface area contributed by atoms with Crippen molar-refractivity contribution in [2.24, 2.45) is 0 Å². The predicted molar refractivity (Wildman–Crippen MR) is 114 cm³/mol. The number of thioether (sulfide) groups is 1. The molecule has 2 aromatic carbocycles. The number of ether oxygens (including phenoxy) is 1. The van der Waals surface area contributed by atoms with Gasteiger partial charge in [0.15, 0.2) is 0 Å². The third kappa shape index (κ3) is 5.50. The summed E-state index contributed by atoms with van der Waals surface area (Å²) in [4.78, 5) is 15.9. The van der Waals surface area contributed by atoms with E-state index in [0.29, 0.717) is 5.92 Å². The first-order chi connectivity index (χ1) is 13.0.